The van der Waals surface area contributed by atoms with Gasteiger partial charge in [0.15, 0.2) is 23.0 Å². The van der Waals surface area contributed by atoms with E-state index in [1.54, 1.807) is 0 Å². The number of phenols is 5. The van der Waals surface area contributed by atoms with Gasteiger partial charge in [-0.15, -0.1) is 0 Å². The number of aromatic hydroxyl groups is 5. The van der Waals surface area contributed by atoms with Crippen molar-refractivity contribution in [2.45, 2.75) is 74.9 Å². The molecule has 16 nitrogen and oxygen atoms in total. The van der Waals surface area contributed by atoms with Crippen LogP contribution in [0.25, 0.3) is 0 Å². The Balaban J connectivity index is 1.78. The number of rotatable bonds is 14. The summed E-state index contributed by atoms with van der Waals surface area (Å²) in [5.41, 5.74) is -0.198. The van der Waals surface area contributed by atoms with Crippen LogP contribution < -0.4 is 4.74 Å². The fourth-order valence-corrected chi connectivity index (χ4v) is 4.66. The minimum Gasteiger partial charge on any atom is -0.507 e. The van der Waals surface area contributed by atoms with E-state index < -0.39 is 102 Å². The van der Waals surface area contributed by atoms with Gasteiger partial charge in [0.1, 0.15) is 65.5 Å². The second-order valence-corrected chi connectivity index (χ2v) is 10.4. The number of Topliss-reactive ketones (excluding diaryl/α,β-unsaturated/α-hetero) is 1. The smallest absolute Gasteiger partial charge is 0.229 e. The number of aliphatic hydroxyl groups is 6. The van der Waals surface area contributed by atoms with Crippen LogP contribution in [-0.4, -0.2) is 137 Å². The van der Waals surface area contributed by atoms with Crippen LogP contribution in [0.1, 0.15) is 29.3 Å². The number of carbonyl (C=O) groups is 1. The summed E-state index contributed by atoms with van der Waals surface area (Å²) in [6.07, 6.45) is -14.6. The van der Waals surface area contributed by atoms with Crippen LogP contribution in [0.15, 0.2) is 24.3 Å². The monoisotopic (exact) mass is 630 g/mol. The third kappa shape index (κ3) is 7.98. The number of hydrogen-bond acceptors (Lipinski definition) is 16. The van der Waals surface area contributed by atoms with E-state index in [0.717, 1.165) is 24.3 Å². The first-order chi connectivity index (χ1) is 20.7. The Hall–Kier alpha value is -3.45. The molecule has 0 radical (unpaired) electrons. The van der Waals surface area contributed by atoms with E-state index in [2.05, 4.69) is 0 Å². The average Bonchev–Trinajstić information content (AvgIpc) is 2.97. The second-order valence-electron chi connectivity index (χ2n) is 10.4. The van der Waals surface area contributed by atoms with Crippen LogP contribution in [0.4, 0.5) is 0 Å². The number of phenolic OH excluding ortho intramolecular Hbond substituents is 5. The molecule has 0 saturated carbocycles. The van der Waals surface area contributed by atoms with Crippen LogP contribution >= 0.6 is 0 Å². The molecule has 9 unspecified atom stereocenters. The molecule has 44 heavy (non-hydrogen) atoms. The van der Waals surface area contributed by atoms with Crippen molar-refractivity contribution >= 4 is 5.78 Å². The zero-order valence-electron chi connectivity index (χ0n) is 23.8. The predicted molar refractivity (Wildman–Crippen MR) is 146 cm³/mol. The highest BCUT2D eigenvalue weighted by molar-refractivity contribution is 6.01. The van der Waals surface area contributed by atoms with Crippen molar-refractivity contribution in [2.24, 2.45) is 0 Å². The average molecular weight is 631 g/mol. The highest BCUT2D eigenvalue weighted by Gasteiger charge is 2.48. The predicted octanol–water partition coefficient (Wildman–Crippen LogP) is -1.65. The van der Waals surface area contributed by atoms with E-state index in [1.165, 1.54) is 14.0 Å². The fraction of sp³-hybridized carbons (Fsp3) is 0.536. The zero-order chi connectivity index (χ0) is 32.9. The molecule has 0 aliphatic carbocycles. The van der Waals surface area contributed by atoms with Crippen molar-refractivity contribution < 1.29 is 79.9 Å². The first-order valence-corrected chi connectivity index (χ1v) is 13.5. The van der Waals surface area contributed by atoms with Gasteiger partial charge in [-0.1, -0.05) is 0 Å². The SMILES string of the molecule is COCC(O)C(O)C(O)C(C)OC1C(Oc2cc(O)c(C(=O)CCc3cc(O)c(O)c(O)c3)c(O)c2)OC(CO)C(O)C1O. The number of aliphatic hydroxyl groups excluding tert-OH is 6. The van der Waals surface area contributed by atoms with Gasteiger partial charge in [0.25, 0.3) is 0 Å². The highest BCUT2D eigenvalue weighted by atomic mass is 16.7. The summed E-state index contributed by atoms with van der Waals surface area (Å²) in [6, 6.07) is 4.16. The maximum absolute atomic E-state index is 12.8. The quantitative estimate of drug-likeness (QED) is 0.0824. The number of ketones is 1. The van der Waals surface area contributed by atoms with Crippen LogP contribution in [0.2, 0.25) is 0 Å². The van der Waals surface area contributed by atoms with Gasteiger partial charge in [-0.05, 0) is 31.0 Å². The fourth-order valence-electron chi connectivity index (χ4n) is 4.66. The molecule has 0 bridgehead atoms. The van der Waals surface area contributed by atoms with E-state index in [4.69, 9.17) is 18.9 Å². The molecular weight excluding hydrogens is 592 g/mol. The molecule has 0 spiro atoms. The molecule has 2 aromatic carbocycles. The van der Waals surface area contributed by atoms with Crippen LogP contribution in [-0.2, 0) is 20.6 Å². The Bertz CT molecular complexity index is 1220. The molecule has 3 rings (SSSR count). The van der Waals surface area contributed by atoms with E-state index in [9.17, 15) is 61.0 Å². The van der Waals surface area contributed by atoms with Crippen molar-refractivity contribution in [2.75, 3.05) is 20.3 Å². The largest absolute Gasteiger partial charge is 0.507 e. The molecule has 246 valence electrons. The van der Waals surface area contributed by atoms with E-state index in [1.807, 2.05) is 0 Å². The maximum atomic E-state index is 12.8. The van der Waals surface area contributed by atoms with Crippen LogP contribution in [0, 0.1) is 0 Å². The lowest BCUT2D eigenvalue weighted by molar-refractivity contribution is -0.301. The van der Waals surface area contributed by atoms with Gasteiger partial charge in [-0.2, -0.15) is 0 Å². The molecule has 9 atom stereocenters. The minimum atomic E-state index is -1.77. The van der Waals surface area contributed by atoms with Crippen molar-refractivity contribution in [3.8, 4) is 34.5 Å². The number of hydrogen-bond donors (Lipinski definition) is 11. The number of aryl methyl sites for hydroxylation is 1. The lowest BCUT2D eigenvalue weighted by atomic mass is 9.98. The molecular formula is C28H38O16. The molecule has 1 fully saturated rings. The molecule has 11 N–H and O–H groups in total. The molecule has 1 saturated heterocycles. The Labute approximate surface area is 251 Å². The van der Waals surface area contributed by atoms with Gasteiger partial charge in [-0.3, -0.25) is 4.79 Å². The first kappa shape index (κ1) is 35.0. The van der Waals surface area contributed by atoms with Gasteiger partial charge in [-0.25, -0.2) is 0 Å². The summed E-state index contributed by atoms with van der Waals surface area (Å²) in [6.45, 7) is 0.226. The normalized spacial score (nSPS) is 24.8. The number of carbonyl (C=O) groups excluding carboxylic acids is 1. The molecule has 0 aromatic heterocycles. The lowest BCUT2D eigenvalue weighted by Crippen LogP contribution is -2.62. The summed E-state index contributed by atoms with van der Waals surface area (Å²) in [5.74, 6) is -4.39. The number of benzene rings is 2. The highest BCUT2D eigenvalue weighted by Crippen LogP contribution is 2.38. The molecule has 16 heteroatoms. The summed E-state index contributed by atoms with van der Waals surface area (Å²) >= 11 is 0. The third-order valence-electron chi connectivity index (χ3n) is 7.13. The van der Waals surface area contributed by atoms with Gasteiger partial charge in [0.2, 0.25) is 6.29 Å². The molecule has 0 amide bonds. The van der Waals surface area contributed by atoms with Crippen molar-refractivity contribution in [3.05, 3.63) is 35.4 Å². The lowest BCUT2D eigenvalue weighted by Gasteiger charge is -2.43. The summed E-state index contributed by atoms with van der Waals surface area (Å²) in [4.78, 5) is 12.8. The molecule has 1 aliphatic heterocycles. The Morgan fingerprint density at radius 2 is 1.50 bits per heavy atom. The summed E-state index contributed by atoms with van der Waals surface area (Å²) < 4.78 is 21.6. The van der Waals surface area contributed by atoms with E-state index >= 15 is 0 Å². The molecule has 1 aliphatic rings. The van der Waals surface area contributed by atoms with Gasteiger partial charge in [0, 0.05) is 25.7 Å². The zero-order valence-corrected chi connectivity index (χ0v) is 23.8. The van der Waals surface area contributed by atoms with Crippen LogP contribution in [0.3, 0.4) is 0 Å². The topological polar surface area (TPSA) is 277 Å². The van der Waals surface area contributed by atoms with Gasteiger partial charge < -0.3 is 75.1 Å². The maximum Gasteiger partial charge on any atom is 0.229 e. The Morgan fingerprint density at radius 1 is 0.909 bits per heavy atom. The number of methoxy groups -OCH3 is 1. The van der Waals surface area contributed by atoms with E-state index in [0.29, 0.717) is 0 Å². The minimum absolute atomic E-state index is 0.0453. The van der Waals surface area contributed by atoms with E-state index in [-0.39, 0.29) is 30.8 Å². The standard InChI is InChI=1S/C28H38O16/c1-11(22(36)24(38)19(35)10-41-2)42-27-26(40)25(39)20(9-29)44-28(27)43-13-7-15(31)21(16(32)8-13)14(30)4-3-12-5-17(33)23(37)18(34)6-12/h5-8,11,19-20,22,24-29,31-40H,3-4,9-10H2,1-2H3. The first-order valence-electron chi connectivity index (χ1n) is 13.5. The summed E-state index contributed by atoms with van der Waals surface area (Å²) in [7, 11) is 1.27. The van der Waals surface area contributed by atoms with Crippen molar-refractivity contribution in [3.63, 3.8) is 0 Å². The van der Waals surface area contributed by atoms with Gasteiger partial charge in [0.05, 0.1) is 19.3 Å². The van der Waals surface area contributed by atoms with Crippen molar-refractivity contribution in [1.82, 2.24) is 0 Å². The van der Waals surface area contributed by atoms with Crippen molar-refractivity contribution in [1.29, 1.82) is 0 Å². The Morgan fingerprint density at radius 3 is 2.05 bits per heavy atom. The second kappa shape index (κ2) is 15.0. The summed E-state index contributed by atoms with van der Waals surface area (Å²) in [5, 5.41) is 111. The van der Waals surface area contributed by atoms with Gasteiger partial charge >= 0.3 is 0 Å². The van der Waals surface area contributed by atoms with Crippen LogP contribution in [0.5, 0.6) is 34.5 Å². The molecule has 1 heterocycles. The number of ether oxygens (including phenoxy) is 4. The Kier molecular flexibility index (Phi) is 12.0. The third-order valence-corrected chi connectivity index (χ3v) is 7.13. The molecule has 2 aromatic rings.